The average molecular weight is 366 g/mol. The molecule has 0 spiro atoms. The molecule has 116 valence electrons. The topological polar surface area (TPSA) is 40.5 Å². The molecule has 1 heterocycles. The molecule has 1 saturated heterocycles. The molecule has 1 aliphatic rings. The molecule has 21 heavy (non-hydrogen) atoms. The number of β-amino-alcohol motifs (C(OH)–C–C–N with tert-alkyl or cyclic N) is 1. The molecule has 3 nitrogen and oxygen atoms in total. The molecule has 2 atom stereocenters. The van der Waals surface area contributed by atoms with Gasteiger partial charge in [0.25, 0.3) is 5.91 Å². The largest absolute Gasteiger partial charge is 0.416 e. The van der Waals surface area contributed by atoms with E-state index in [0.717, 1.165) is 12.1 Å². The summed E-state index contributed by atoms with van der Waals surface area (Å²) in [7, 11) is 0. The van der Waals surface area contributed by atoms with Gasteiger partial charge in [0.2, 0.25) is 0 Å². The molecule has 1 fully saturated rings. The highest BCUT2D eigenvalue weighted by Gasteiger charge is 2.33. The molecule has 0 bridgehead atoms. The van der Waals surface area contributed by atoms with Crippen LogP contribution in [0.25, 0.3) is 0 Å². The van der Waals surface area contributed by atoms with Gasteiger partial charge >= 0.3 is 6.18 Å². The van der Waals surface area contributed by atoms with E-state index in [4.69, 9.17) is 0 Å². The summed E-state index contributed by atoms with van der Waals surface area (Å²) in [6, 6.07) is 2.99. The summed E-state index contributed by atoms with van der Waals surface area (Å²) in [6.45, 7) is 2.45. The van der Waals surface area contributed by atoms with Crippen LogP contribution in [0.1, 0.15) is 29.3 Å². The van der Waals surface area contributed by atoms with Crippen LogP contribution >= 0.6 is 15.9 Å². The van der Waals surface area contributed by atoms with Crippen molar-refractivity contribution >= 4 is 21.8 Å². The molecule has 1 amide bonds. The van der Waals surface area contributed by atoms with Crippen LogP contribution in [-0.2, 0) is 6.18 Å². The predicted octanol–water partition coefficient (Wildman–Crippen LogP) is 3.31. The van der Waals surface area contributed by atoms with Gasteiger partial charge in [-0.1, -0.05) is 6.92 Å². The van der Waals surface area contributed by atoms with Crippen molar-refractivity contribution in [2.75, 3.05) is 13.1 Å². The lowest BCUT2D eigenvalue weighted by molar-refractivity contribution is -0.137. The van der Waals surface area contributed by atoms with E-state index in [1.807, 2.05) is 6.92 Å². The zero-order chi connectivity index (χ0) is 15.8. The quantitative estimate of drug-likeness (QED) is 0.829. The second-order valence-electron chi connectivity index (χ2n) is 5.28. The number of aliphatic hydroxyl groups excluding tert-OH is 1. The molecule has 1 aromatic carbocycles. The monoisotopic (exact) mass is 365 g/mol. The Morgan fingerprint density at radius 2 is 2.10 bits per heavy atom. The molecular formula is C14H15BrF3NO2. The third kappa shape index (κ3) is 3.58. The highest BCUT2D eigenvalue weighted by molar-refractivity contribution is 9.10. The molecule has 2 rings (SSSR count). The van der Waals surface area contributed by atoms with E-state index in [9.17, 15) is 23.1 Å². The van der Waals surface area contributed by atoms with Crippen LogP contribution in [0.4, 0.5) is 13.2 Å². The number of amides is 1. The summed E-state index contributed by atoms with van der Waals surface area (Å²) < 4.78 is 38.5. The Kier molecular flexibility index (Phi) is 4.63. The van der Waals surface area contributed by atoms with Crippen LogP contribution in [0.3, 0.4) is 0 Å². The molecule has 1 N–H and O–H groups in total. The van der Waals surface area contributed by atoms with Gasteiger partial charge in [-0.3, -0.25) is 4.79 Å². The Balaban J connectivity index is 2.27. The first-order chi connectivity index (χ1) is 9.70. The Bertz CT molecular complexity index is 548. The maximum Gasteiger partial charge on any atom is 0.416 e. The summed E-state index contributed by atoms with van der Waals surface area (Å²) in [4.78, 5) is 13.8. The minimum Gasteiger partial charge on any atom is -0.391 e. The minimum absolute atomic E-state index is 0.0356. The first-order valence-corrected chi connectivity index (χ1v) is 7.33. The molecule has 0 aromatic heterocycles. The fraction of sp³-hybridized carbons (Fsp3) is 0.500. The first kappa shape index (κ1) is 16.3. The number of carbonyl (C=O) groups excluding carboxylic acids is 1. The van der Waals surface area contributed by atoms with Gasteiger partial charge in [0.15, 0.2) is 0 Å². The zero-order valence-corrected chi connectivity index (χ0v) is 12.9. The highest BCUT2D eigenvalue weighted by Crippen LogP contribution is 2.32. The van der Waals surface area contributed by atoms with Crippen molar-refractivity contribution in [3.63, 3.8) is 0 Å². The van der Waals surface area contributed by atoms with Gasteiger partial charge in [0.1, 0.15) is 0 Å². The number of carbonyl (C=O) groups is 1. The highest BCUT2D eigenvalue weighted by atomic mass is 79.9. The molecule has 0 aliphatic carbocycles. The number of halogens is 4. The van der Waals surface area contributed by atoms with E-state index in [-0.39, 0.29) is 18.0 Å². The van der Waals surface area contributed by atoms with Crippen LogP contribution in [0.2, 0.25) is 0 Å². The minimum atomic E-state index is -4.49. The average Bonchev–Trinajstić information content (AvgIpc) is 2.40. The van der Waals surface area contributed by atoms with Crippen molar-refractivity contribution in [3.8, 4) is 0 Å². The van der Waals surface area contributed by atoms with Crippen molar-refractivity contribution in [2.24, 2.45) is 5.92 Å². The predicted molar refractivity (Wildman–Crippen MR) is 74.8 cm³/mol. The van der Waals surface area contributed by atoms with Gasteiger partial charge in [0, 0.05) is 17.6 Å². The van der Waals surface area contributed by atoms with Crippen LogP contribution in [-0.4, -0.2) is 35.1 Å². The second-order valence-corrected chi connectivity index (χ2v) is 6.13. The SMILES string of the molecule is CC1CCN(C(=O)c2cc(C(F)(F)F)ccc2Br)CC1O. The van der Waals surface area contributed by atoms with Crippen molar-refractivity contribution in [3.05, 3.63) is 33.8 Å². The maximum absolute atomic E-state index is 12.7. The number of hydrogen-bond donors (Lipinski definition) is 1. The number of benzene rings is 1. The van der Waals surface area contributed by atoms with Gasteiger partial charge < -0.3 is 10.0 Å². The molecular weight excluding hydrogens is 351 g/mol. The fourth-order valence-corrected chi connectivity index (χ4v) is 2.69. The number of piperidine rings is 1. The lowest BCUT2D eigenvalue weighted by Gasteiger charge is -2.34. The Morgan fingerprint density at radius 3 is 2.67 bits per heavy atom. The maximum atomic E-state index is 12.7. The summed E-state index contributed by atoms with van der Waals surface area (Å²) >= 11 is 3.11. The number of rotatable bonds is 1. The normalized spacial score (nSPS) is 23.2. The number of aliphatic hydroxyl groups is 1. The van der Waals surface area contributed by atoms with E-state index in [0.29, 0.717) is 17.4 Å². The second kappa shape index (κ2) is 5.96. The van der Waals surface area contributed by atoms with Crippen LogP contribution < -0.4 is 0 Å². The lowest BCUT2D eigenvalue weighted by atomic mass is 9.95. The third-order valence-electron chi connectivity index (χ3n) is 3.73. The standard InChI is InChI=1S/C14H15BrF3NO2/c1-8-4-5-19(7-12(8)20)13(21)10-6-9(14(16,17)18)2-3-11(10)15/h2-3,6,8,12,20H,4-5,7H2,1H3. The lowest BCUT2D eigenvalue weighted by Crippen LogP contribution is -2.45. The smallest absolute Gasteiger partial charge is 0.391 e. The van der Waals surface area contributed by atoms with E-state index in [2.05, 4.69) is 15.9 Å². The van der Waals surface area contributed by atoms with Gasteiger partial charge in [-0.05, 0) is 46.5 Å². The number of hydrogen-bond acceptors (Lipinski definition) is 2. The van der Waals surface area contributed by atoms with Crippen LogP contribution in [0.5, 0.6) is 0 Å². The van der Waals surface area contributed by atoms with Gasteiger partial charge in [-0.25, -0.2) is 0 Å². The molecule has 2 unspecified atom stereocenters. The summed E-state index contributed by atoms with van der Waals surface area (Å²) in [6.07, 6.45) is -4.51. The van der Waals surface area contributed by atoms with Gasteiger partial charge in [-0.15, -0.1) is 0 Å². The van der Waals surface area contributed by atoms with E-state index in [1.165, 1.54) is 11.0 Å². The Morgan fingerprint density at radius 1 is 1.43 bits per heavy atom. The molecule has 1 aromatic rings. The summed E-state index contributed by atoms with van der Waals surface area (Å²) in [5.41, 5.74) is -0.897. The molecule has 0 radical (unpaired) electrons. The Hall–Kier alpha value is -1.08. The third-order valence-corrected chi connectivity index (χ3v) is 4.42. The van der Waals surface area contributed by atoms with Crippen molar-refractivity contribution in [2.45, 2.75) is 25.6 Å². The van der Waals surface area contributed by atoms with Crippen LogP contribution in [0, 0.1) is 5.92 Å². The van der Waals surface area contributed by atoms with Crippen LogP contribution in [0.15, 0.2) is 22.7 Å². The van der Waals surface area contributed by atoms with Gasteiger partial charge in [0.05, 0.1) is 17.2 Å². The van der Waals surface area contributed by atoms with Crippen molar-refractivity contribution < 1.29 is 23.1 Å². The number of likely N-dealkylation sites (tertiary alicyclic amines) is 1. The molecule has 0 saturated carbocycles. The van der Waals surface area contributed by atoms with Crippen molar-refractivity contribution in [1.82, 2.24) is 4.90 Å². The summed E-state index contributed by atoms with van der Waals surface area (Å²) in [5.74, 6) is -0.419. The number of alkyl halides is 3. The summed E-state index contributed by atoms with van der Waals surface area (Å²) in [5, 5.41) is 9.81. The molecule has 7 heteroatoms. The van der Waals surface area contributed by atoms with E-state index in [1.54, 1.807) is 0 Å². The van der Waals surface area contributed by atoms with E-state index < -0.39 is 23.8 Å². The van der Waals surface area contributed by atoms with Gasteiger partial charge in [-0.2, -0.15) is 13.2 Å². The molecule has 1 aliphatic heterocycles. The number of nitrogens with zero attached hydrogens (tertiary/aromatic N) is 1. The zero-order valence-electron chi connectivity index (χ0n) is 11.3. The van der Waals surface area contributed by atoms with E-state index >= 15 is 0 Å². The first-order valence-electron chi connectivity index (χ1n) is 6.54. The fourth-order valence-electron chi connectivity index (χ4n) is 2.27. The van der Waals surface area contributed by atoms with Crippen molar-refractivity contribution in [1.29, 1.82) is 0 Å². The Labute approximate surface area is 128 Å².